The maximum absolute atomic E-state index is 11.8. The first-order chi connectivity index (χ1) is 45.6. The van der Waals surface area contributed by atoms with Crippen molar-refractivity contribution < 1.29 is 149 Å². The Morgan fingerprint density at radius 1 is 0.396 bits per heavy atom. The predicted molar refractivity (Wildman–Crippen MR) is 361 cm³/mol. The van der Waals surface area contributed by atoms with E-state index in [4.69, 9.17) is 131 Å². The number of aliphatic hydroxyl groups is 8. The van der Waals surface area contributed by atoms with Crippen LogP contribution in [-0.4, -0.2) is 286 Å². The van der Waals surface area contributed by atoms with Gasteiger partial charge in [-0.05, 0) is 118 Å². The van der Waals surface area contributed by atoms with Crippen LogP contribution < -0.4 is 5.32 Å². The molecule has 570 valence electrons. The lowest BCUT2D eigenvalue weighted by Gasteiger charge is -2.42. The number of carbonyl (C=O) groups is 1. The number of amides is 1. The van der Waals surface area contributed by atoms with E-state index in [9.17, 15) is 65.2 Å². The predicted octanol–water partition coefficient (Wildman–Crippen LogP) is 2.16. The largest absolute Gasteiger partial charge is 0.394 e. The van der Waals surface area contributed by atoms with Gasteiger partial charge in [0.2, 0.25) is 5.91 Å². The van der Waals surface area contributed by atoms with Gasteiger partial charge in [0.1, 0.15) is 36.6 Å². The number of rotatable bonds is 57. The third-order valence-electron chi connectivity index (χ3n) is 15.6. The second-order valence-corrected chi connectivity index (χ2v) is 35.2. The van der Waals surface area contributed by atoms with Crippen molar-refractivity contribution in [1.29, 1.82) is 0 Å². The highest BCUT2D eigenvalue weighted by Gasteiger charge is 2.46. The summed E-state index contributed by atoms with van der Waals surface area (Å²) >= 11 is 20.7. The van der Waals surface area contributed by atoms with Crippen LogP contribution in [0.2, 0.25) is 0 Å². The van der Waals surface area contributed by atoms with E-state index >= 15 is 0 Å². The number of ether oxygens (including phenoxy) is 10. The first-order valence-electron chi connectivity index (χ1n) is 32.6. The molecule has 3 saturated heterocycles. The molecule has 0 aromatic carbocycles. The molecule has 13 N–H and O–H groups in total. The molecule has 0 spiro atoms. The smallest absolute Gasteiger partial charge is 0.324 e. The topological polar surface area (TPSA) is 438 Å². The molecule has 0 aromatic heterocycles. The zero-order valence-electron chi connectivity index (χ0n) is 55.7. The van der Waals surface area contributed by atoms with Gasteiger partial charge in [-0.1, -0.05) is 33.6 Å². The van der Waals surface area contributed by atoms with Gasteiger partial charge in [-0.2, -0.15) is 0 Å². The molecular weight excluding hydrogens is 1430 g/mol. The zero-order chi connectivity index (χ0) is 71.2. The van der Waals surface area contributed by atoms with Crippen molar-refractivity contribution in [2.24, 2.45) is 23.2 Å². The van der Waals surface area contributed by atoms with Crippen LogP contribution in [0.1, 0.15) is 111 Å². The van der Waals surface area contributed by atoms with Crippen LogP contribution in [0.5, 0.6) is 0 Å². The van der Waals surface area contributed by atoms with E-state index in [-0.39, 0.29) is 137 Å². The van der Waals surface area contributed by atoms with Crippen LogP contribution >= 0.6 is 26.9 Å². The van der Waals surface area contributed by atoms with E-state index < -0.39 is 131 Å². The summed E-state index contributed by atoms with van der Waals surface area (Å²) in [6.45, 7) is -6.97. The molecular formula is C56H111NO31P4S4. The van der Waals surface area contributed by atoms with Crippen LogP contribution in [0.25, 0.3) is 0 Å². The number of hydrogen-bond acceptors (Lipinski definition) is 31. The van der Waals surface area contributed by atoms with Gasteiger partial charge < -0.3 is 149 Å². The molecule has 32 nitrogen and oxygen atoms in total. The molecule has 3 aliphatic rings. The lowest BCUT2D eigenvalue weighted by Crippen LogP contribution is -2.64. The summed E-state index contributed by atoms with van der Waals surface area (Å²) < 4.78 is 103. The number of aliphatic hydroxyl groups excluding tert-OH is 8. The van der Waals surface area contributed by atoms with Gasteiger partial charge in [0.15, 0.2) is 18.9 Å². The average molecular weight is 1550 g/mol. The van der Waals surface area contributed by atoms with Crippen LogP contribution in [0, 0.1) is 23.2 Å². The quantitative estimate of drug-likeness (QED) is 0.0306. The standard InChI is InChI=1S/C56H111NO31P4S4/c1-40-44(33-58)86-53(41(2)48(40)62)76-23-10-13-27-80-90(68,94)83-30-16-20-73-37-56(36-72-19-8-6-7-9-26-79-89(67,93)71-5,38-74-21-17-31-84-91(69,95)81-28-14-11-24-77-54-42(3)49(63)50(64)45(34-59)87-54)39-75-22-18-32-85-92(70,96)82-29-15-12-25-78-55-47(57-43(4)61)52(66)51(65)46(35-60)88-55/h40-42,44-55,58-60,62-66H,6-39H2,1-5H3,(H,57,61)(H,67,93)(H,68,94)(H,69,95)(H,70,96)/t40-,41-,42?,44?,45?,46?,47?,48?,49+,50-,51-,52+,53+,54+,55+,56?,89?,90?,91?,92?/m0/s1. The average Bonchev–Trinajstić information content (AvgIpc) is 0.840. The van der Waals surface area contributed by atoms with Gasteiger partial charge in [-0.3, -0.25) is 4.79 Å². The minimum absolute atomic E-state index is 0.00443. The maximum Gasteiger partial charge on any atom is 0.324 e. The number of unbranched alkanes of at least 4 members (excludes halogenated alkanes) is 6. The number of hydrogen-bond donors (Lipinski definition) is 13. The monoisotopic (exact) mass is 1550 g/mol. The van der Waals surface area contributed by atoms with Crippen LogP contribution in [0.3, 0.4) is 0 Å². The fraction of sp³-hybridized carbons (Fsp3) is 0.982. The fourth-order valence-corrected chi connectivity index (χ4v) is 14.3. The fourth-order valence-electron chi connectivity index (χ4n) is 9.89. The summed E-state index contributed by atoms with van der Waals surface area (Å²) in [6, 6.07) is -1.09. The van der Waals surface area contributed by atoms with Crippen molar-refractivity contribution in [3.63, 3.8) is 0 Å². The Bertz CT molecular complexity index is 2190. The Kier molecular flexibility index (Phi) is 47.1. The molecule has 0 aliphatic carbocycles. The molecule has 3 fully saturated rings. The lowest BCUT2D eigenvalue weighted by atomic mass is 9.86. The van der Waals surface area contributed by atoms with Crippen molar-refractivity contribution in [3.05, 3.63) is 0 Å². The van der Waals surface area contributed by atoms with Gasteiger partial charge in [-0.15, -0.1) is 0 Å². The maximum atomic E-state index is 11.8. The Labute approximate surface area is 585 Å². The molecule has 96 heavy (non-hydrogen) atoms. The summed E-state index contributed by atoms with van der Waals surface area (Å²) in [7, 11) is 1.29. The van der Waals surface area contributed by atoms with E-state index in [0.717, 1.165) is 12.8 Å². The molecule has 11 unspecified atom stereocenters. The van der Waals surface area contributed by atoms with Gasteiger partial charge in [0.05, 0.1) is 116 Å². The molecule has 0 aromatic rings. The van der Waals surface area contributed by atoms with E-state index in [2.05, 4.69) is 5.32 Å². The molecule has 20 atom stereocenters. The molecule has 1 amide bonds. The lowest BCUT2D eigenvalue weighted by molar-refractivity contribution is -0.282. The van der Waals surface area contributed by atoms with Crippen LogP contribution in [-0.2, 0) is 136 Å². The van der Waals surface area contributed by atoms with Crippen LogP contribution in [0.15, 0.2) is 0 Å². The summed E-state index contributed by atoms with van der Waals surface area (Å²) in [6.07, 6.45) is -4.91. The molecule has 0 saturated carbocycles. The zero-order valence-corrected chi connectivity index (χ0v) is 62.6. The van der Waals surface area contributed by atoms with Crippen molar-refractivity contribution in [2.75, 3.05) is 146 Å². The highest BCUT2D eigenvalue weighted by atomic mass is 32.5. The molecule has 3 heterocycles. The second-order valence-electron chi connectivity index (χ2n) is 23.7. The van der Waals surface area contributed by atoms with Gasteiger partial charge in [0, 0.05) is 78.0 Å². The Hall–Kier alpha value is 0.870. The third-order valence-corrected chi connectivity index (χ3v) is 22.3. The Morgan fingerprint density at radius 2 is 0.698 bits per heavy atom. The van der Waals surface area contributed by atoms with Gasteiger partial charge in [-0.25, -0.2) is 0 Å². The Balaban J connectivity index is 1.56. The summed E-state index contributed by atoms with van der Waals surface area (Å²) in [5.41, 5.74) is -0.928. The van der Waals surface area contributed by atoms with E-state index in [0.29, 0.717) is 70.8 Å². The summed E-state index contributed by atoms with van der Waals surface area (Å²) in [5.74, 6) is -1.57. The first-order valence-corrected chi connectivity index (χ1v) is 42.9. The van der Waals surface area contributed by atoms with Crippen molar-refractivity contribution >= 4 is 80.0 Å². The van der Waals surface area contributed by atoms with E-state index in [1.165, 1.54) is 14.0 Å². The summed E-state index contributed by atoms with van der Waals surface area (Å²) in [5, 5.41) is 83.0. The van der Waals surface area contributed by atoms with E-state index in [1.807, 2.05) is 13.8 Å². The van der Waals surface area contributed by atoms with Gasteiger partial charge in [0.25, 0.3) is 0 Å². The minimum Gasteiger partial charge on any atom is -0.394 e. The highest BCUT2D eigenvalue weighted by molar-refractivity contribution is 8.08. The Morgan fingerprint density at radius 3 is 1.08 bits per heavy atom. The minimum atomic E-state index is -3.69. The molecule has 0 bridgehead atoms. The van der Waals surface area contributed by atoms with Crippen molar-refractivity contribution in [1.82, 2.24) is 5.32 Å². The first kappa shape index (κ1) is 91.1. The normalized spacial score (nSPS) is 29.7. The number of carbonyl (C=O) groups excluding carboxylic acids is 1. The molecule has 40 heteroatoms. The SMILES string of the molecule is COP(O)(=S)OCCCCCCOCC(COCCCOP(O)(=S)OCCCCO[C@@H]1OC(CO)[C@H](O)[C@H](O)C1C)(COCCCOP(O)(=S)OCCCCO[C@@H]1OC(CO)[C@H](O)[C@H](O)C1NC(C)=O)COCCCOP(O)(=S)OCCCCO[C@@H]1OC(CO)[C@H](C)C(O)[C@@H]1C. The summed E-state index contributed by atoms with van der Waals surface area (Å²) in [4.78, 5) is 54.0. The molecule has 3 rings (SSSR count). The third kappa shape index (κ3) is 36.7. The van der Waals surface area contributed by atoms with E-state index in [1.54, 1.807) is 6.92 Å². The molecule has 0 radical (unpaired) electrons. The second kappa shape index (κ2) is 49.6. The highest BCUT2D eigenvalue weighted by Crippen LogP contribution is 2.46. The number of nitrogens with one attached hydrogen (secondary N) is 1. The van der Waals surface area contributed by atoms with Gasteiger partial charge >= 0.3 is 26.9 Å². The van der Waals surface area contributed by atoms with Crippen molar-refractivity contribution in [2.45, 2.75) is 185 Å². The van der Waals surface area contributed by atoms with Crippen LogP contribution in [0.4, 0.5) is 0 Å². The van der Waals surface area contributed by atoms with Crippen molar-refractivity contribution in [3.8, 4) is 0 Å². The molecule has 3 aliphatic heterocycles.